The molecular formula is C12H20. The van der Waals surface area contributed by atoms with E-state index in [2.05, 4.69) is 13.8 Å². The summed E-state index contributed by atoms with van der Waals surface area (Å²) in [7, 11) is 0. The summed E-state index contributed by atoms with van der Waals surface area (Å²) in [6.07, 6.45) is 6.33. The second kappa shape index (κ2) is 2.27. The normalized spacial score (nSPS) is 61.5. The van der Waals surface area contributed by atoms with Gasteiger partial charge in [0.2, 0.25) is 0 Å². The highest BCUT2D eigenvalue weighted by molar-refractivity contribution is 5.01. The van der Waals surface area contributed by atoms with Gasteiger partial charge in [0, 0.05) is 0 Å². The maximum Gasteiger partial charge on any atom is -0.0355 e. The lowest BCUT2D eigenvalue weighted by molar-refractivity contribution is -0.0333. The van der Waals surface area contributed by atoms with Crippen LogP contribution in [0.4, 0.5) is 0 Å². The standard InChI is InChI=1S/C12H20/c1-7-8(2)12(7)6-10-5-9-3-4-11(9)10/h7-12H,3-6H2,1-2H3. The van der Waals surface area contributed by atoms with E-state index in [1.165, 1.54) is 17.8 Å². The third kappa shape index (κ3) is 0.843. The van der Waals surface area contributed by atoms with E-state index < -0.39 is 0 Å². The molecule has 0 aromatic carbocycles. The van der Waals surface area contributed by atoms with Crippen LogP contribution in [0.1, 0.15) is 39.5 Å². The molecule has 5 unspecified atom stereocenters. The average Bonchev–Trinajstić information content (AvgIpc) is 2.56. The Kier molecular flexibility index (Phi) is 1.40. The quantitative estimate of drug-likeness (QED) is 0.587. The molecule has 3 saturated carbocycles. The first-order valence-corrected chi connectivity index (χ1v) is 5.77. The Labute approximate surface area is 75.7 Å². The summed E-state index contributed by atoms with van der Waals surface area (Å²) in [6, 6.07) is 0. The van der Waals surface area contributed by atoms with Gasteiger partial charge in [0.15, 0.2) is 0 Å². The SMILES string of the molecule is CC1C(C)C1CC1CC2CCC21. The van der Waals surface area contributed by atoms with Gasteiger partial charge in [-0.2, -0.15) is 0 Å². The van der Waals surface area contributed by atoms with Crippen LogP contribution in [-0.2, 0) is 0 Å². The number of hydrogen-bond acceptors (Lipinski definition) is 0. The van der Waals surface area contributed by atoms with Crippen molar-refractivity contribution in [3.05, 3.63) is 0 Å². The van der Waals surface area contributed by atoms with Crippen molar-refractivity contribution in [3.8, 4) is 0 Å². The minimum absolute atomic E-state index is 1.06. The van der Waals surface area contributed by atoms with Crippen molar-refractivity contribution in [3.63, 3.8) is 0 Å². The fraction of sp³-hybridized carbons (Fsp3) is 1.00. The van der Waals surface area contributed by atoms with Gasteiger partial charge < -0.3 is 0 Å². The predicted octanol–water partition coefficient (Wildman–Crippen LogP) is 3.32. The van der Waals surface area contributed by atoms with Crippen LogP contribution in [0, 0.1) is 35.5 Å². The highest BCUT2D eigenvalue weighted by Crippen LogP contribution is 2.60. The molecule has 0 bridgehead atoms. The topological polar surface area (TPSA) is 0 Å². The summed E-state index contributed by atoms with van der Waals surface area (Å²) < 4.78 is 0. The van der Waals surface area contributed by atoms with Crippen LogP contribution in [0.25, 0.3) is 0 Å². The third-order valence-electron chi connectivity index (χ3n) is 5.30. The van der Waals surface area contributed by atoms with E-state index >= 15 is 0 Å². The molecule has 0 radical (unpaired) electrons. The summed E-state index contributed by atoms with van der Waals surface area (Å²) in [5, 5.41) is 0. The van der Waals surface area contributed by atoms with Crippen LogP contribution in [0.5, 0.6) is 0 Å². The van der Waals surface area contributed by atoms with E-state index in [-0.39, 0.29) is 0 Å². The van der Waals surface area contributed by atoms with Gasteiger partial charge >= 0.3 is 0 Å². The van der Waals surface area contributed by atoms with Crippen LogP contribution in [0.2, 0.25) is 0 Å². The minimum atomic E-state index is 1.06. The molecule has 0 heterocycles. The Hall–Kier alpha value is 0. The smallest absolute Gasteiger partial charge is 0.0355 e. The maximum absolute atomic E-state index is 2.44. The van der Waals surface area contributed by atoms with E-state index in [0.29, 0.717) is 0 Å². The van der Waals surface area contributed by atoms with E-state index in [4.69, 9.17) is 0 Å². The zero-order valence-electron chi connectivity index (χ0n) is 8.29. The number of rotatable bonds is 2. The molecule has 0 aromatic heterocycles. The van der Waals surface area contributed by atoms with Crippen molar-refractivity contribution >= 4 is 0 Å². The van der Waals surface area contributed by atoms with Crippen LogP contribution in [0.3, 0.4) is 0 Å². The molecule has 68 valence electrons. The molecule has 0 aliphatic heterocycles. The van der Waals surface area contributed by atoms with E-state index in [1.54, 1.807) is 25.7 Å². The Balaban J connectivity index is 1.51. The van der Waals surface area contributed by atoms with Gasteiger partial charge in [-0.15, -0.1) is 0 Å². The van der Waals surface area contributed by atoms with Crippen molar-refractivity contribution in [2.24, 2.45) is 35.5 Å². The molecule has 3 rings (SSSR count). The Morgan fingerprint density at radius 3 is 2.17 bits per heavy atom. The Morgan fingerprint density at radius 1 is 1.08 bits per heavy atom. The van der Waals surface area contributed by atoms with Crippen LogP contribution < -0.4 is 0 Å². The van der Waals surface area contributed by atoms with Gasteiger partial charge in [-0.05, 0) is 61.2 Å². The Bertz CT molecular complexity index is 188. The van der Waals surface area contributed by atoms with E-state index in [1.807, 2.05) is 0 Å². The third-order valence-corrected chi connectivity index (χ3v) is 5.30. The fourth-order valence-electron chi connectivity index (χ4n) is 3.69. The van der Waals surface area contributed by atoms with Gasteiger partial charge in [-0.1, -0.05) is 13.8 Å². The lowest BCUT2D eigenvalue weighted by atomic mass is 9.52. The molecule has 3 fully saturated rings. The predicted molar refractivity (Wildman–Crippen MR) is 50.8 cm³/mol. The molecule has 0 aromatic rings. The summed E-state index contributed by atoms with van der Waals surface area (Å²) >= 11 is 0. The first-order valence-electron chi connectivity index (χ1n) is 5.77. The van der Waals surface area contributed by atoms with Crippen molar-refractivity contribution in [2.45, 2.75) is 39.5 Å². The van der Waals surface area contributed by atoms with Crippen molar-refractivity contribution < 1.29 is 0 Å². The molecule has 0 N–H and O–H groups in total. The molecule has 0 amide bonds. The largest absolute Gasteiger partial charge is 0.0620 e. The Morgan fingerprint density at radius 2 is 1.83 bits per heavy atom. The van der Waals surface area contributed by atoms with Crippen LogP contribution in [-0.4, -0.2) is 0 Å². The van der Waals surface area contributed by atoms with Gasteiger partial charge in [0.05, 0.1) is 0 Å². The highest BCUT2D eigenvalue weighted by Gasteiger charge is 2.51. The highest BCUT2D eigenvalue weighted by atomic mass is 14.6. The van der Waals surface area contributed by atoms with Gasteiger partial charge in [0.25, 0.3) is 0 Å². The molecule has 0 heteroatoms. The molecule has 3 aliphatic carbocycles. The second-order valence-corrected chi connectivity index (χ2v) is 5.61. The van der Waals surface area contributed by atoms with E-state index in [0.717, 1.165) is 17.8 Å². The summed E-state index contributed by atoms with van der Waals surface area (Å²) in [5.41, 5.74) is 0. The van der Waals surface area contributed by atoms with Crippen LogP contribution in [0.15, 0.2) is 0 Å². The molecule has 5 atom stereocenters. The molecule has 0 nitrogen and oxygen atoms in total. The minimum Gasteiger partial charge on any atom is -0.0620 e. The molecule has 12 heavy (non-hydrogen) atoms. The lowest BCUT2D eigenvalue weighted by Crippen LogP contribution is -2.44. The van der Waals surface area contributed by atoms with Crippen molar-refractivity contribution in [1.29, 1.82) is 0 Å². The first kappa shape index (κ1) is 7.41. The van der Waals surface area contributed by atoms with Gasteiger partial charge in [-0.25, -0.2) is 0 Å². The summed E-state index contributed by atoms with van der Waals surface area (Å²) in [6.45, 7) is 4.87. The van der Waals surface area contributed by atoms with Crippen molar-refractivity contribution in [1.82, 2.24) is 0 Å². The zero-order chi connectivity index (χ0) is 8.29. The summed E-state index contributed by atoms with van der Waals surface area (Å²) in [4.78, 5) is 0. The summed E-state index contributed by atoms with van der Waals surface area (Å²) in [5.74, 6) is 6.80. The van der Waals surface area contributed by atoms with E-state index in [9.17, 15) is 0 Å². The van der Waals surface area contributed by atoms with Gasteiger partial charge in [-0.3, -0.25) is 0 Å². The lowest BCUT2D eigenvalue weighted by Gasteiger charge is -2.53. The molecule has 0 saturated heterocycles. The van der Waals surface area contributed by atoms with Crippen LogP contribution >= 0.6 is 0 Å². The second-order valence-electron chi connectivity index (χ2n) is 5.61. The fourth-order valence-corrected chi connectivity index (χ4v) is 3.69. The molecular weight excluding hydrogens is 144 g/mol. The number of hydrogen-bond donors (Lipinski definition) is 0. The molecule has 0 spiro atoms. The zero-order valence-corrected chi connectivity index (χ0v) is 8.29. The van der Waals surface area contributed by atoms with Crippen molar-refractivity contribution in [2.75, 3.05) is 0 Å². The molecule has 3 aliphatic rings. The maximum atomic E-state index is 2.44. The van der Waals surface area contributed by atoms with Gasteiger partial charge in [0.1, 0.15) is 0 Å². The monoisotopic (exact) mass is 164 g/mol. The first-order chi connectivity index (χ1) is 5.77. The average molecular weight is 164 g/mol. The number of fused-ring (bicyclic) bond motifs is 1.